The molecule has 4 heterocycles. The smallest absolute Gasteiger partial charge is 1.00 e. The Hall–Kier alpha value is -5.91. The van der Waals surface area contributed by atoms with E-state index >= 15 is 0 Å². The summed E-state index contributed by atoms with van der Waals surface area (Å²) in [7, 11) is 3.01. The monoisotopic (exact) mass is 1020 g/mol. The number of aryl methyl sites for hydroxylation is 2. The van der Waals surface area contributed by atoms with E-state index in [2.05, 4.69) is 155 Å². The van der Waals surface area contributed by atoms with E-state index in [0.717, 1.165) is 83.5 Å². The molecule has 0 aliphatic rings. The fourth-order valence-corrected chi connectivity index (χ4v) is 6.38. The molecule has 0 saturated heterocycles. The fourth-order valence-electron chi connectivity index (χ4n) is 6.25. The second-order valence-corrected chi connectivity index (χ2v) is 16.2. The first-order chi connectivity index (χ1) is 34.5. The maximum atomic E-state index is 12.0. The molecule has 386 valence electrons. The van der Waals surface area contributed by atoms with Crippen molar-refractivity contribution in [2.45, 2.75) is 130 Å². The number of halogens is 1. The first kappa shape index (κ1) is 64.1. The molecule has 0 spiro atoms. The van der Waals surface area contributed by atoms with Gasteiger partial charge in [-0.2, -0.15) is 0 Å². The molecule has 72 heavy (non-hydrogen) atoms. The number of hydrogen-bond acceptors (Lipinski definition) is 10. The number of esters is 1. The third-order valence-corrected chi connectivity index (χ3v) is 10.3. The normalized spacial score (nSPS) is 12.1. The molecule has 0 aromatic carbocycles. The number of aliphatic hydroxyl groups excluding tert-OH is 1. The summed E-state index contributed by atoms with van der Waals surface area (Å²) in [6, 6.07) is 0. The molecule has 3 N–H and O–H groups in total. The van der Waals surface area contributed by atoms with Gasteiger partial charge in [0.25, 0.3) is 11.1 Å². The van der Waals surface area contributed by atoms with Gasteiger partial charge in [-0.1, -0.05) is 135 Å². The van der Waals surface area contributed by atoms with Gasteiger partial charge in [0, 0.05) is 26.9 Å². The van der Waals surface area contributed by atoms with E-state index in [1.54, 1.807) is 0 Å². The van der Waals surface area contributed by atoms with Gasteiger partial charge in [-0.25, -0.2) is 19.6 Å². The minimum atomic E-state index is -0.560. The van der Waals surface area contributed by atoms with Gasteiger partial charge in [-0.05, 0) is 101 Å². The zero-order chi connectivity index (χ0) is 51.9. The SMILES string of the molecule is CC/C=C\C/C=C\C/C=C\C/C=C\C/C=C\CCCC(=O)Cl.CC/C=C\C/C=C\C/C=C\C/C=C\C/C=C\CCCC(=O)OCn1cnc2c1c(=O)[nH]c(=O)n2C.Cn1c(=O)[nH]c(=O)c2c1ncn2CO.[H-].[Na+]. The summed E-state index contributed by atoms with van der Waals surface area (Å²) >= 11 is 5.26. The van der Waals surface area contributed by atoms with Crippen molar-refractivity contribution in [3.63, 3.8) is 0 Å². The number of allylic oxidation sites excluding steroid dienone is 20. The number of carbonyl (C=O) groups is 2. The largest absolute Gasteiger partial charge is 1.00 e. The van der Waals surface area contributed by atoms with Gasteiger partial charge in [0.1, 0.15) is 13.1 Å². The Balaban J connectivity index is 0.00000116. The molecule has 4 aromatic rings. The van der Waals surface area contributed by atoms with Gasteiger partial charge < -0.3 is 15.8 Å². The van der Waals surface area contributed by atoms with E-state index in [-0.39, 0.29) is 84.4 Å². The number of hydrogen-bond donors (Lipinski definition) is 3. The molecule has 16 nitrogen and oxygen atoms in total. The molecule has 0 aliphatic carbocycles. The molecule has 0 unspecified atom stereocenters. The third kappa shape index (κ3) is 27.1. The first-order valence-corrected chi connectivity index (χ1v) is 24.6. The summed E-state index contributed by atoms with van der Waals surface area (Å²) in [4.78, 5) is 80.9. The van der Waals surface area contributed by atoms with Gasteiger partial charge in [-0.15, -0.1) is 0 Å². The Bertz CT molecular complexity index is 2760. The van der Waals surface area contributed by atoms with Crippen LogP contribution in [0.5, 0.6) is 0 Å². The van der Waals surface area contributed by atoms with E-state index in [4.69, 9.17) is 21.4 Å². The van der Waals surface area contributed by atoms with Crippen molar-refractivity contribution in [2.24, 2.45) is 14.1 Å². The maximum Gasteiger partial charge on any atom is 1.00 e. The van der Waals surface area contributed by atoms with E-state index in [0.29, 0.717) is 12.8 Å². The van der Waals surface area contributed by atoms with Crippen LogP contribution in [0.25, 0.3) is 22.3 Å². The number of fused-ring (bicyclic) bond motifs is 2. The minimum Gasteiger partial charge on any atom is -1.00 e. The molecular formula is C54H74ClN8NaO8. The van der Waals surface area contributed by atoms with Crippen LogP contribution < -0.4 is 52.1 Å². The summed E-state index contributed by atoms with van der Waals surface area (Å²) in [5.41, 5.74) is -1.29. The van der Waals surface area contributed by atoms with Crippen molar-refractivity contribution in [3.8, 4) is 0 Å². The van der Waals surface area contributed by atoms with Crippen LogP contribution in [0, 0.1) is 0 Å². The number of nitrogens with zero attached hydrogens (tertiary/aromatic N) is 6. The standard InChI is InChI=1S/C27H36N4O4.C20H29ClO.C7H8N4O3.Na.H/c1-3-4-5-6-7-8-9-10-11-12-13-14-15-16-17-18-19-20-23(32)35-22-31-21-28-25-24(31)26(33)29-27(34)30(25)2;1-2-3-4-5-6-7-8-9-10-11-12-13-14-15-16-17-18-19-20(21)22;1-10-5-4(6(13)9-7(10)14)11(3-12)2-8-5;;/h4-5,7-8,10-11,13-14,16-17,21H,3,6,9,12,15,18-20,22H2,1-2H3,(H,29,33,34);3-4,6-7,9-10,12-13,15-16H,2,5,8,11,14,17-19H2,1H3;2,12H,3H2,1H3,(H,9,13,14);;/q;;;+1;-1/b5-4-,8-7-,11-10-,14-13-,17-16-;4-3-,7-6-,10-9-,13-12-,16-15-;;;. The predicted octanol–water partition coefficient (Wildman–Crippen LogP) is 7.01. The molecule has 0 atom stereocenters. The summed E-state index contributed by atoms with van der Waals surface area (Å²) in [5.74, 6) is -0.347. The molecule has 0 saturated carbocycles. The Morgan fingerprint density at radius 1 is 0.569 bits per heavy atom. The summed E-state index contributed by atoms with van der Waals surface area (Å²) in [6.07, 6.45) is 59.9. The van der Waals surface area contributed by atoms with Gasteiger partial charge in [0.15, 0.2) is 29.1 Å². The van der Waals surface area contributed by atoms with E-state index in [1.807, 2.05) is 0 Å². The Morgan fingerprint density at radius 2 is 0.903 bits per heavy atom. The molecule has 0 fully saturated rings. The first-order valence-electron chi connectivity index (χ1n) is 24.2. The number of ether oxygens (including phenoxy) is 1. The van der Waals surface area contributed by atoms with Crippen molar-refractivity contribution in [1.82, 2.24) is 38.2 Å². The number of H-pyrrole nitrogens is 2. The summed E-state index contributed by atoms with van der Waals surface area (Å²) in [6.45, 7) is 3.81. The second-order valence-electron chi connectivity index (χ2n) is 15.8. The Kier molecular flexibility index (Phi) is 36.2. The number of unbranched alkanes of at least 4 members (excludes halogenated alkanes) is 2. The molecule has 4 rings (SSSR count). The quantitative estimate of drug-likeness (QED) is 0.0167. The maximum absolute atomic E-state index is 12.0. The van der Waals surface area contributed by atoms with E-state index < -0.39 is 22.5 Å². The Labute approximate surface area is 451 Å². The van der Waals surface area contributed by atoms with Gasteiger partial charge >= 0.3 is 46.9 Å². The zero-order valence-corrected chi connectivity index (χ0v) is 45.6. The molecule has 4 aromatic heterocycles. The van der Waals surface area contributed by atoms with Gasteiger partial charge in [0.2, 0.25) is 5.24 Å². The summed E-state index contributed by atoms with van der Waals surface area (Å²) < 4.78 is 10.4. The predicted molar refractivity (Wildman–Crippen MR) is 288 cm³/mol. The number of carbonyl (C=O) groups excluding carboxylic acids is 2. The molecule has 0 radical (unpaired) electrons. The number of nitrogens with one attached hydrogen (secondary N) is 2. The third-order valence-electron chi connectivity index (χ3n) is 10.1. The molecule has 18 heteroatoms. The average molecular weight is 1020 g/mol. The van der Waals surface area contributed by atoms with Crippen LogP contribution in [-0.4, -0.2) is 54.5 Å². The van der Waals surface area contributed by atoms with E-state index in [1.165, 1.54) is 45.0 Å². The number of aromatic amines is 2. The van der Waals surface area contributed by atoms with Crippen LogP contribution in [0.2, 0.25) is 0 Å². The van der Waals surface area contributed by atoms with Crippen LogP contribution in [0.3, 0.4) is 0 Å². The van der Waals surface area contributed by atoms with Gasteiger partial charge in [0.05, 0.1) is 6.33 Å². The second kappa shape index (κ2) is 40.7. The summed E-state index contributed by atoms with van der Waals surface area (Å²) in [5, 5.41) is 8.65. The van der Waals surface area contributed by atoms with Crippen LogP contribution in [-0.2, 0) is 41.9 Å². The molecular weight excluding hydrogens is 947 g/mol. The molecule has 0 aliphatic heterocycles. The fraction of sp³-hybridized carbons (Fsp3) is 0.407. The number of aliphatic hydroxyl groups is 1. The van der Waals surface area contributed by atoms with E-state index in [9.17, 15) is 28.8 Å². The van der Waals surface area contributed by atoms with Crippen molar-refractivity contribution >= 4 is 45.1 Å². The Morgan fingerprint density at radius 3 is 1.26 bits per heavy atom. The zero-order valence-electron chi connectivity index (χ0n) is 43.8. The minimum absolute atomic E-state index is 0. The number of imidazole rings is 2. The van der Waals surface area contributed by atoms with Crippen LogP contribution in [0.15, 0.2) is 153 Å². The number of rotatable bonds is 29. The topological polar surface area (TPSA) is 209 Å². The van der Waals surface area contributed by atoms with Crippen molar-refractivity contribution < 1.29 is 50.4 Å². The van der Waals surface area contributed by atoms with Crippen molar-refractivity contribution in [2.75, 3.05) is 0 Å². The van der Waals surface area contributed by atoms with Crippen molar-refractivity contribution in [3.05, 3.63) is 176 Å². The number of aromatic nitrogens is 8. The van der Waals surface area contributed by atoms with Crippen LogP contribution in [0.1, 0.15) is 118 Å². The molecule has 0 bridgehead atoms. The molecule has 0 amide bonds. The van der Waals surface area contributed by atoms with Crippen LogP contribution in [0.4, 0.5) is 0 Å². The van der Waals surface area contributed by atoms with Gasteiger partial charge in [-0.3, -0.25) is 42.8 Å². The van der Waals surface area contributed by atoms with Crippen LogP contribution >= 0.6 is 11.6 Å². The van der Waals surface area contributed by atoms with Crippen molar-refractivity contribution in [1.29, 1.82) is 0 Å². The average Bonchev–Trinajstić information content (AvgIpc) is 4.00.